The third kappa shape index (κ3) is 8.54. The molecule has 0 heterocycles. The Hall–Kier alpha value is -4.02. The van der Waals surface area contributed by atoms with Crippen LogP contribution in [-0.4, -0.2) is 43.8 Å². The zero-order valence-corrected chi connectivity index (χ0v) is 27.2. The van der Waals surface area contributed by atoms with Crippen molar-refractivity contribution in [2.24, 2.45) is 0 Å². The molecule has 4 aromatic rings. The van der Waals surface area contributed by atoms with Crippen molar-refractivity contribution in [2.75, 3.05) is 10.8 Å². The number of rotatable bonds is 12. The smallest absolute Gasteiger partial charge is 0.264 e. The molecule has 10 heteroatoms. The van der Waals surface area contributed by atoms with Crippen molar-refractivity contribution < 1.29 is 22.4 Å². The molecule has 44 heavy (non-hydrogen) atoms. The summed E-state index contributed by atoms with van der Waals surface area (Å²) in [7, 11) is -4.30. The molecule has 0 spiro atoms. The van der Waals surface area contributed by atoms with Gasteiger partial charge in [0.25, 0.3) is 10.0 Å². The maximum Gasteiger partial charge on any atom is 0.264 e. The van der Waals surface area contributed by atoms with E-state index in [0.717, 1.165) is 37.6 Å². The van der Waals surface area contributed by atoms with E-state index in [1.54, 1.807) is 24.3 Å². The van der Waals surface area contributed by atoms with Crippen molar-refractivity contribution in [1.82, 2.24) is 10.2 Å². The van der Waals surface area contributed by atoms with Crippen molar-refractivity contribution in [3.8, 4) is 0 Å². The van der Waals surface area contributed by atoms with E-state index in [9.17, 15) is 22.4 Å². The Morgan fingerprint density at radius 1 is 0.841 bits per heavy atom. The summed E-state index contributed by atoms with van der Waals surface area (Å²) in [5.41, 5.74) is 2.78. The van der Waals surface area contributed by atoms with Gasteiger partial charge in [0.1, 0.15) is 18.4 Å². The zero-order valence-electron chi connectivity index (χ0n) is 24.8. The quantitative estimate of drug-likeness (QED) is 0.192. The number of anilines is 1. The van der Waals surface area contributed by atoms with Crippen LogP contribution in [0.1, 0.15) is 30.5 Å². The minimum absolute atomic E-state index is 0.0630. The average Bonchev–Trinajstić information content (AvgIpc) is 2.99. The number of carbonyl (C=O) groups excluding carboxylic acids is 2. The number of hydrogen-bond donors (Lipinski definition) is 1. The maximum atomic E-state index is 14.4. The van der Waals surface area contributed by atoms with Crippen LogP contribution in [0.2, 0.25) is 0 Å². The second-order valence-corrected chi connectivity index (χ2v) is 13.6. The molecular weight excluding hydrogens is 645 g/mol. The molecule has 0 radical (unpaired) electrons. The fraction of sp³-hybridized carbons (Fsp3) is 0.235. The average molecular weight is 681 g/mol. The van der Waals surface area contributed by atoms with Crippen LogP contribution in [0.15, 0.2) is 112 Å². The van der Waals surface area contributed by atoms with Gasteiger partial charge in [-0.25, -0.2) is 12.8 Å². The zero-order chi connectivity index (χ0) is 31.9. The van der Waals surface area contributed by atoms with Crippen molar-refractivity contribution in [1.29, 1.82) is 0 Å². The van der Waals surface area contributed by atoms with Gasteiger partial charge in [0, 0.05) is 23.5 Å². The van der Waals surface area contributed by atoms with Gasteiger partial charge in [-0.05, 0) is 80.4 Å². The van der Waals surface area contributed by atoms with Crippen LogP contribution in [0.5, 0.6) is 0 Å². The molecule has 0 aliphatic rings. The fourth-order valence-electron chi connectivity index (χ4n) is 4.69. The number of hydrogen-bond acceptors (Lipinski definition) is 4. The molecule has 0 saturated carbocycles. The summed E-state index contributed by atoms with van der Waals surface area (Å²) >= 11 is 3.43. The molecule has 0 aliphatic heterocycles. The monoisotopic (exact) mass is 679 g/mol. The number of benzene rings is 4. The number of amides is 2. The van der Waals surface area contributed by atoms with Crippen LogP contribution < -0.4 is 9.62 Å². The topological polar surface area (TPSA) is 86.8 Å². The van der Waals surface area contributed by atoms with E-state index in [-0.39, 0.29) is 35.5 Å². The highest BCUT2D eigenvalue weighted by Gasteiger charge is 2.34. The molecular formula is C34H35BrFN3O4S. The predicted octanol–water partition coefficient (Wildman–Crippen LogP) is 6.26. The van der Waals surface area contributed by atoms with Gasteiger partial charge in [-0.3, -0.25) is 13.9 Å². The number of nitrogens with zero attached hydrogens (tertiary/aromatic N) is 2. The van der Waals surface area contributed by atoms with E-state index >= 15 is 0 Å². The molecule has 4 aromatic carbocycles. The molecule has 1 unspecified atom stereocenters. The number of halogens is 2. The second kappa shape index (κ2) is 14.6. The molecule has 4 rings (SSSR count). The number of nitrogens with one attached hydrogen (secondary N) is 1. The normalized spacial score (nSPS) is 12.0. The first kappa shape index (κ1) is 32.9. The van der Waals surface area contributed by atoms with Gasteiger partial charge < -0.3 is 10.2 Å². The highest BCUT2D eigenvalue weighted by molar-refractivity contribution is 9.10. The lowest BCUT2D eigenvalue weighted by molar-refractivity contribution is -0.140. The van der Waals surface area contributed by atoms with E-state index in [1.807, 2.05) is 75.4 Å². The van der Waals surface area contributed by atoms with Crippen molar-refractivity contribution in [2.45, 2.75) is 50.7 Å². The SMILES string of the molecule is Cc1ccc(N(CC(=O)N(Cc2ccc(Br)cc2)C(Cc2ccccc2)C(=O)NC(C)C)S(=O)(=O)c2ccc(F)cc2)cc1. The molecule has 0 aliphatic carbocycles. The Bertz CT molecular complexity index is 1660. The van der Waals surface area contributed by atoms with Crippen LogP contribution in [0, 0.1) is 12.7 Å². The molecule has 230 valence electrons. The molecule has 1 N–H and O–H groups in total. The van der Waals surface area contributed by atoms with Crippen LogP contribution in [0.4, 0.5) is 10.1 Å². The first-order valence-electron chi connectivity index (χ1n) is 14.2. The van der Waals surface area contributed by atoms with Crippen molar-refractivity contribution >= 4 is 43.5 Å². The highest BCUT2D eigenvalue weighted by Crippen LogP contribution is 2.26. The summed E-state index contributed by atoms with van der Waals surface area (Å²) in [6.07, 6.45) is 0.219. The van der Waals surface area contributed by atoms with E-state index in [0.29, 0.717) is 0 Å². The first-order valence-corrected chi connectivity index (χ1v) is 16.4. The second-order valence-electron chi connectivity index (χ2n) is 10.8. The summed E-state index contributed by atoms with van der Waals surface area (Å²) in [5.74, 6) is -1.50. The van der Waals surface area contributed by atoms with Gasteiger partial charge in [0.15, 0.2) is 0 Å². The van der Waals surface area contributed by atoms with E-state index < -0.39 is 34.3 Å². The van der Waals surface area contributed by atoms with Crippen LogP contribution in [0.25, 0.3) is 0 Å². The molecule has 0 bridgehead atoms. The van der Waals surface area contributed by atoms with Crippen molar-refractivity contribution in [3.05, 3.63) is 130 Å². The lowest BCUT2D eigenvalue weighted by atomic mass is 10.0. The van der Waals surface area contributed by atoms with E-state index in [4.69, 9.17) is 0 Å². The molecule has 0 aromatic heterocycles. The van der Waals surface area contributed by atoms with Crippen molar-refractivity contribution in [3.63, 3.8) is 0 Å². The van der Waals surface area contributed by atoms with Crippen LogP contribution in [0.3, 0.4) is 0 Å². The Morgan fingerprint density at radius 2 is 1.45 bits per heavy atom. The molecule has 0 fully saturated rings. The molecule has 7 nitrogen and oxygen atoms in total. The van der Waals surface area contributed by atoms with Gasteiger partial charge in [0.05, 0.1) is 10.6 Å². The highest BCUT2D eigenvalue weighted by atomic mass is 79.9. The summed E-state index contributed by atoms with van der Waals surface area (Å²) in [6.45, 7) is 5.03. The fourth-order valence-corrected chi connectivity index (χ4v) is 6.37. The largest absolute Gasteiger partial charge is 0.352 e. The summed E-state index contributed by atoms with van der Waals surface area (Å²) in [4.78, 5) is 29.4. The minimum atomic E-state index is -4.30. The number of sulfonamides is 1. The third-order valence-corrected chi connectivity index (χ3v) is 9.29. The predicted molar refractivity (Wildman–Crippen MR) is 174 cm³/mol. The summed E-state index contributed by atoms with van der Waals surface area (Å²) < 4.78 is 43.5. The standard InChI is InChI=1S/C34H35BrFN3O4S/c1-24(2)37-34(41)32(21-26-7-5-4-6-8-26)38(22-27-11-13-28(35)14-12-27)33(40)23-39(30-17-9-25(3)10-18-30)44(42,43)31-19-15-29(36)16-20-31/h4-20,24,32H,21-23H2,1-3H3,(H,37,41). The van der Waals surface area contributed by atoms with Crippen LogP contribution in [-0.2, 0) is 32.6 Å². The number of carbonyl (C=O) groups is 2. The van der Waals surface area contributed by atoms with E-state index in [2.05, 4.69) is 21.2 Å². The lowest BCUT2D eigenvalue weighted by Crippen LogP contribution is -2.54. The Labute approximate surface area is 266 Å². The molecule has 0 saturated heterocycles. The van der Waals surface area contributed by atoms with Gasteiger partial charge in [-0.15, -0.1) is 0 Å². The number of aryl methyl sites for hydroxylation is 1. The lowest BCUT2D eigenvalue weighted by Gasteiger charge is -2.34. The maximum absolute atomic E-state index is 14.4. The van der Waals surface area contributed by atoms with Gasteiger partial charge in [0.2, 0.25) is 11.8 Å². The third-order valence-electron chi connectivity index (χ3n) is 6.97. The van der Waals surface area contributed by atoms with Gasteiger partial charge in [-0.2, -0.15) is 0 Å². The minimum Gasteiger partial charge on any atom is -0.352 e. The van der Waals surface area contributed by atoms with Gasteiger partial charge >= 0.3 is 0 Å². The van der Waals surface area contributed by atoms with Crippen LogP contribution >= 0.6 is 15.9 Å². The molecule has 2 amide bonds. The Morgan fingerprint density at radius 3 is 2.05 bits per heavy atom. The summed E-state index contributed by atoms with van der Waals surface area (Å²) in [6, 6.07) is 26.8. The Balaban J connectivity index is 1.79. The summed E-state index contributed by atoms with van der Waals surface area (Å²) in [5, 5.41) is 2.94. The van der Waals surface area contributed by atoms with Gasteiger partial charge in [-0.1, -0.05) is 76.1 Å². The van der Waals surface area contributed by atoms with E-state index in [1.165, 1.54) is 17.0 Å². The first-order chi connectivity index (χ1) is 20.9. The molecule has 1 atom stereocenters. The Kier molecular flexibility index (Phi) is 10.9.